The lowest BCUT2D eigenvalue weighted by Crippen LogP contribution is -2.03. The normalized spacial score (nSPS) is 11.2. The van der Waals surface area contributed by atoms with E-state index in [-0.39, 0.29) is 23.0 Å². The molecule has 5 nitrogen and oxygen atoms in total. The van der Waals surface area contributed by atoms with Gasteiger partial charge < -0.3 is 19.7 Å². The molecule has 0 atom stereocenters. The van der Waals surface area contributed by atoms with Crippen LogP contribution in [0.25, 0.3) is 0 Å². The molecular formula is C27H44O5S. The van der Waals surface area contributed by atoms with Crippen LogP contribution in [0.5, 0.6) is 17.2 Å². The van der Waals surface area contributed by atoms with E-state index in [4.69, 9.17) is 4.74 Å². The highest BCUT2D eigenvalue weighted by Crippen LogP contribution is 2.45. The number of allylic oxidation sites excluding steroid dienone is 2. The zero-order valence-corrected chi connectivity index (χ0v) is 21.7. The molecule has 6 heteroatoms. The van der Waals surface area contributed by atoms with Gasteiger partial charge in [0.2, 0.25) is 0 Å². The van der Waals surface area contributed by atoms with Gasteiger partial charge in [-0.15, -0.1) is 11.8 Å². The average Bonchev–Trinajstić information content (AvgIpc) is 2.82. The molecule has 0 saturated heterocycles. The molecule has 33 heavy (non-hydrogen) atoms. The highest BCUT2D eigenvalue weighted by Gasteiger charge is 2.19. The second-order valence-electron chi connectivity index (χ2n) is 8.46. The Labute approximate surface area is 205 Å². The number of phenolic OH excluding ortho intramolecular Hbond substituents is 2. The number of esters is 1. The van der Waals surface area contributed by atoms with Crippen molar-refractivity contribution >= 4 is 17.7 Å². The van der Waals surface area contributed by atoms with Crippen LogP contribution in [-0.2, 0) is 16.0 Å². The monoisotopic (exact) mass is 480 g/mol. The number of rotatable bonds is 19. The Balaban J connectivity index is 2.23. The van der Waals surface area contributed by atoms with E-state index in [1.165, 1.54) is 84.8 Å². The molecule has 0 unspecified atom stereocenters. The molecule has 2 N–H and O–H groups in total. The van der Waals surface area contributed by atoms with Crippen molar-refractivity contribution in [2.24, 2.45) is 0 Å². The predicted octanol–water partition coefficient (Wildman–Crippen LogP) is 7.56. The van der Waals surface area contributed by atoms with Gasteiger partial charge in [0.05, 0.1) is 24.9 Å². The number of hydrogen-bond acceptors (Lipinski definition) is 6. The Morgan fingerprint density at radius 3 is 2.06 bits per heavy atom. The number of ether oxygens (including phenoxy) is 2. The molecule has 0 bridgehead atoms. The van der Waals surface area contributed by atoms with Crippen LogP contribution in [0.3, 0.4) is 0 Å². The summed E-state index contributed by atoms with van der Waals surface area (Å²) in [5.74, 6) is -0.0907. The van der Waals surface area contributed by atoms with Crippen molar-refractivity contribution in [1.29, 1.82) is 0 Å². The maximum absolute atomic E-state index is 11.4. The third-order valence-corrected chi connectivity index (χ3v) is 6.81. The minimum Gasteiger partial charge on any atom is -0.507 e. The number of thioether (sulfide) groups is 1. The molecule has 1 rings (SSSR count). The number of hydrogen-bond donors (Lipinski definition) is 2. The summed E-state index contributed by atoms with van der Waals surface area (Å²) in [5.41, 5.74) is 0.674. The maximum atomic E-state index is 11.4. The summed E-state index contributed by atoms with van der Waals surface area (Å²) in [7, 11) is 2.76. The van der Waals surface area contributed by atoms with Gasteiger partial charge in [-0.1, -0.05) is 70.4 Å². The van der Waals surface area contributed by atoms with Gasteiger partial charge in [-0.25, -0.2) is 0 Å². The van der Waals surface area contributed by atoms with Crippen LogP contribution in [0.2, 0.25) is 0 Å². The third kappa shape index (κ3) is 12.3. The van der Waals surface area contributed by atoms with E-state index < -0.39 is 5.97 Å². The Morgan fingerprint density at radius 1 is 0.909 bits per heavy atom. The van der Waals surface area contributed by atoms with Crippen LogP contribution in [0, 0.1) is 0 Å². The molecule has 0 amide bonds. The van der Waals surface area contributed by atoms with E-state index in [1.54, 1.807) is 6.07 Å². The van der Waals surface area contributed by atoms with Gasteiger partial charge in [0.25, 0.3) is 0 Å². The van der Waals surface area contributed by atoms with Crippen LogP contribution in [-0.4, -0.2) is 36.2 Å². The first kappa shape index (κ1) is 29.2. The summed E-state index contributed by atoms with van der Waals surface area (Å²) in [6.07, 6.45) is 21.5. The van der Waals surface area contributed by atoms with Crippen LogP contribution in [0.1, 0.15) is 96.0 Å². The highest BCUT2D eigenvalue weighted by molar-refractivity contribution is 8.00. The summed E-state index contributed by atoms with van der Waals surface area (Å²) < 4.78 is 9.93. The summed E-state index contributed by atoms with van der Waals surface area (Å²) in [5, 5.41) is 20.9. The molecule has 188 valence electrons. The van der Waals surface area contributed by atoms with Gasteiger partial charge in [-0.2, -0.15) is 0 Å². The molecule has 0 aliphatic heterocycles. The first-order valence-corrected chi connectivity index (χ1v) is 13.5. The van der Waals surface area contributed by atoms with Crippen molar-refractivity contribution in [2.45, 2.75) is 102 Å². The fraction of sp³-hybridized carbons (Fsp3) is 0.667. The van der Waals surface area contributed by atoms with Crippen molar-refractivity contribution in [3.05, 3.63) is 23.8 Å². The minimum atomic E-state index is -0.403. The quantitative estimate of drug-likeness (QED) is 0.0699. The zero-order chi connectivity index (χ0) is 24.3. The lowest BCUT2D eigenvalue weighted by atomic mass is 10.0. The SMILES string of the molecule is CCCCCCC=CCCCCCCCCCc1cc(O)c(SCC(=O)OC)c(OC)c1O. The summed E-state index contributed by atoms with van der Waals surface area (Å²) in [4.78, 5) is 11.7. The minimum absolute atomic E-state index is 0.0172. The van der Waals surface area contributed by atoms with E-state index in [2.05, 4.69) is 23.8 Å². The van der Waals surface area contributed by atoms with Crippen molar-refractivity contribution < 1.29 is 24.5 Å². The number of benzene rings is 1. The molecule has 0 fully saturated rings. The Morgan fingerprint density at radius 2 is 1.48 bits per heavy atom. The van der Waals surface area contributed by atoms with E-state index >= 15 is 0 Å². The van der Waals surface area contributed by atoms with E-state index in [1.807, 2.05) is 0 Å². The Hall–Kier alpha value is -1.82. The molecule has 1 aromatic carbocycles. The average molecular weight is 481 g/mol. The van der Waals surface area contributed by atoms with E-state index in [0.717, 1.165) is 24.6 Å². The Bertz CT molecular complexity index is 702. The molecule has 0 aliphatic rings. The number of phenols is 2. The number of unbranched alkanes of at least 4 members (excludes halogenated alkanes) is 11. The molecule has 1 aromatic rings. The second kappa shape index (κ2) is 18.6. The first-order valence-electron chi connectivity index (χ1n) is 12.5. The smallest absolute Gasteiger partial charge is 0.315 e. The number of aromatic hydroxyl groups is 2. The second-order valence-corrected chi connectivity index (χ2v) is 9.45. The van der Waals surface area contributed by atoms with Crippen molar-refractivity contribution in [3.8, 4) is 17.2 Å². The van der Waals surface area contributed by atoms with Crippen LogP contribution < -0.4 is 4.74 Å². The van der Waals surface area contributed by atoms with Crippen molar-refractivity contribution in [2.75, 3.05) is 20.0 Å². The first-order chi connectivity index (χ1) is 16.0. The molecule has 0 aliphatic carbocycles. The standard InChI is InChI=1S/C27H44O5S/c1-4-5-6-7-8-9-10-11-12-13-14-15-16-17-18-19-22-20-23(28)27(26(32-3)25(22)30)33-21-24(29)31-2/h9-10,20,28,30H,4-8,11-19,21H2,1-3H3. The third-order valence-electron chi connectivity index (χ3n) is 5.74. The van der Waals surface area contributed by atoms with Gasteiger partial charge in [0.15, 0.2) is 11.5 Å². The number of aryl methyl sites for hydroxylation is 1. The van der Waals surface area contributed by atoms with Gasteiger partial charge in [-0.3, -0.25) is 4.79 Å². The number of methoxy groups -OCH3 is 2. The van der Waals surface area contributed by atoms with Crippen molar-refractivity contribution in [1.82, 2.24) is 0 Å². The molecule has 0 saturated carbocycles. The summed E-state index contributed by atoms with van der Waals surface area (Å²) >= 11 is 1.09. The van der Waals surface area contributed by atoms with Crippen LogP contribution in [0.15, 0.2) is 23.1 Å². The fourth-order valence-corrected chi connectivity index (χ4v) is 4.66. The zero-order valence-electron chi connectivity index (χ0n) is 20.9. The lowest BCUT2D eigenvalue weighted by molar-refractivity contribution is -0.137. The lowest BCUT2D eigenvalue weighted by Gasteiger charge is -2.15. The van der Waals surface area contributed by atoms with Gasteiger partial charge >= 0.3 is 5.97 Å². The molecule has 0 radical (unpaired) electrons. The molecule has 0 spiro atoms. The topological polar surface area (TPSA) is 76.0 Å². The van der Waals surface area contributed by atoms with Crippen LogP contribution >= 0.6 is 11.8 Å². The summed E-state index contributed by atoms with van der Waals surface area (Å²) in [6, 6.07) is 1.58. The predicted molar refractivity (Wildman–Crippen MR) is 138 cm³/mol. The van der Waals surface area contributed by atoms with Crippen molar-refractivity contribution in [3.63, 3.8) is 0 Å². The van der Waals surface area contributed by atoms with Gasteiger partial charge in [-0.05, 0) is 44.6 Å². The highest BCUT2D eigenvalue weighted by atomic mass is 32.2. The fourth-order valence-electron chi connectivity index (χ4n) is 3.76. The van der Waals surface area contributed by atoms with E-state index in [0.29, 0.717) is 16.9 Å². The number of carbonyl (C=O) groups excluding carboxylic acids is 1. The molecule has 0 aromatic heterocycles. The summed E-state index contributed by atoms with van der Waals surface area (Å²) in [6.45, 7) is 2.25. The largest absolute Gasteiger partial charge is 0.507 e. The molecule has 0 heterocycles. The molecular weight excluding hydrogens is 436 g/mol. The number of carbonyl (C=O) groups is 1. The van der Waals surface area contributed by atoms with Crippen LogP contribution in [0.4, 0.5) is 0 Å². The van der Waals surface area contributed by atoms with Gasteiger partial charge in [0.1, 0.15) is 5.75 Å². The Kier molecular flexibility index (Phi) is 16.5. The van der Waals surface area contributed by atoms with E-state index in [9.17, 15) is 15.0 Å². The maximum Gasteiger partial charge on any atom is 0.315 e. The van der Waals surface area contributed by atoms with Gasteiger partial charge in [0, 0.05) is 5.56 Å².